The molecule has 2 heterocycles. The number of nitrogens with one attached hydrogen (secondary N) is 8. The summed E-state index contributed by atoms with van der Waals surface area (Å²) < 4.78 is 0. The second-order valence-corrected chi connectivity index (χ2v) is 19.2. The summed E-state index contributed by atoms with van der Waals surface area (Å²) >= 11 is 0. The van der Waals surface area contributed by atoms with E-state index in [1.54, 1.807) is 74.5 Å². The molecule has 26 nitrogen and oxygen atoms in total. The Morgan fingerprint density at radius 1 is 0.636 bits per heavy atom. The minimum Gasteiger partial charge on any atom is -0.481 e. The molecular weight excluding hydrogens is 1000 g/mol. The van der Waals surface area contributed by atoms with Crippen LogP contribution in [0.4, 0.5) is 0 Å². The van der Waals surface area contributed by atoms with Crippen LogP contribution >= 0.6 is 0 Å². The number of carbonyl (C=O) groups excluding carboxylic acids is 9. The second-order valence-electron chi connectivity index (χ2n) is 19.2. The maximum absolute atomic E-state index is 14.3. The van der Waals surface area contributed by atoms with Gasteiger partial charge < -0.3 is 73.9 Å². The van der Waals surface area contributed by atoms with Crippen LogP contribution in [0.2, 0.25) is 0 Å². The third kappa shape index (κ3) is 19.4. The number of rotatable bonds is 30. The number of carboxylic acids is 2. The van der Waals surface area contributed by atoms with Crippen LogP contribution in [0.3, 0.4) is 0 Å². The Morgan fingerprint density at radius 3 is 1.61 bits per heavy atom. The van der Waals surface area contributed by atoms with Gasteiger partial charge in [0.05, 0.1) is 18.5 Å². The zero-order valence-corrected chi connectivity index (χ0v) is 43.2. The summed E-state index contributed by atoms with van der Waals surface area (Å²) in [5, 5.41) is 47.9. The molecule has 1 aliphatic rings. The van der Waals surface area contributed by atoms with Gasteiger partial charge in [-0.2, -0.15) is 0 Å². The molecule has 0 unspecified atom stereocenters. The predicted molar refractivity (Wildman–Crippen MR) is 274 cm³/mol. The lowest BCUT2D eigenvalue weighted by atomic mass is 10.0. The third-order valence-electron chi connectivity index (χ3n) is 12.6. The van der Waals surface area contributed by atoms with E-state index in [1.807, 2.05) is 0 Å². The molecule has 15 N–H and O–H groups in total. The van der Waals surface area contributed by atoms with E-state index in [2.05, 4.69) is 47.2 Å². The number of aromatic amines is 1. The number of imidazole rings is 1. The molecule has 0 bridgehead atoms. The first-order chi connectivity index (χ1) is 36.4. The van der Waals surface area contributed by atoms with Crippen LogP contribution in [-0.2, 0) is 72.0 Å². The fourth-order valence-corrected chi connectivity index (χ4v) is 8.31. The van der Waals surface area contributed by atoms with Gasteiger partial charge in [-0.15, -0.1) is 0 Å². The van der Waals surface area contributed by atoms with Crippen LogP contribution < -0.4 is 48.7 Å². The van der Waals surface area contributed by atoms with E-state index in [0.29, 0.717) is 16.8 Å². The molecule has 1 fully saturated rings. The summed E-state index contributed by atoms with van der Waals surface area (Å²) in [6.07, 6.45) is -0.656. The molecular formula is C51H70N12O14. The number of hydrogen-bond donors (Lipinski definition) is 13. The Kier molecular flexibility index (Phi) is 23.7. The molecule has 1 aromatic heterocycles. The minimum absolute atomic E-state index is 0.0311. The van der Waals surface area contributed by atoms with E-state index >= 15 is 0 Å². The van der Waals surface area contributed by atoms with Crippen molar-refractivity contribution in [3.8, 4) is 0 Å². The maximum atomic E-state index is 14.3. The third-order valence-corrected chi connectivity index (χ3v) is 12.6. The fourth-order valence-electron chi connectivity index (χ4n) is 8.31. The first-order valence-electron chi connectivity index (χ1n) is 25.1. The first kappa shape index (κ1) is 61.3. The number of likely N-dealkylation sites (tertiary alicyclic amines) is 1. The lowest BCUT2D eigenvalue weighted by Gasteiger charge is -2.32. The van der Waals surface area contributed by atoms with Gasteiger partial charge in [0, 0.05) is 50.5 Å². The number of hydrogen-bond acceptors (Lipinski definition) is 14. The maximum Gasteiger partial charge on any atom is 0.326 e. The average Bonchev–Trinajstić information content (AvgIpc) is 4.10. The molecule has 0 aliphatic carbocycles. The quantitative estimate of drug-likeness (QED) is 0.0326. The summed E-state index contributed by atoms with van der Waals surface area (Å²) in [7, 11) is 0. The Hall–Kier alpha value is -8.26. The van der Waals surface area contributed by atoms with Crippen molar-refractivity contribution < 1.29 is 68.1 Å². The van der Waals surface area contributed by atoms with Crippen LogP contribution in [0, 0.1) is 5.92 Å². The highest BCUT2D eigenvalue weighted by molar-refractivity contribution is 5.99. The van der Waals surface area contributed by atoms with E-state index < -0.39 is 144 Å². The van der Waals surface area contributed by atoms with Crippen LogP contribution in [0.1, 0.15) is 83.0 Å². The molecule has 77 heavy (non-hydrogen) atoms. The van der Waals surface area contributed by atoms with Gasteiger partial charge in [-0.1, -0.05) is 74.5 Å². The molecule has 1 saturated heterocycles. The van der Waals surface area contributed by atoms with Crippen molar-refractivity contribution in [1.82, 2.24) is 52.1 Å². The summed E-state index contributed by atoms with van der Waals surface area (Å²) in [6.45, 7) is 5.79. The lowest BCUT2D eigenvalue weighted by Crippen LogP contribution is -2.62. The lowest BCUT2D eigenvalue weighted by molar-refractivity contribution is -0.145. The Balaban J connectivity index is 1.53. The highest BCUT2D eigenvalue weighted by atomic mass is 16.4. The van der Waals surface area contributed by atoms with E-state index in [0.717, 1.165) is 4.90 Å². The van der Waals surface area contributed by atoms with Crippen molar-refractivity contribution in [2.24, 2.45) is 17.4 Å². The number of nitrogens with zero attached hydrogens (tertiary/aromatic N) is 2. The molecule has 0 spiro atoms. The zero-order chi connectivity index (χ0) is 56.9. The minimum atomic E-state index is -1.73. The number of nitrogens with two attached hydrogens (primary N) is 2. The molecule has 418 valence electrons. The number of aliphatic carboxylic acids is 2. The van der Waals surface area contributed by atoms with E-state index in [4.69, 9.17) is 11.5 Å². The number of H-pyrrole nitrogens is 1. The van der Waals surface area contributed by atoms with E-state index in [1.165, 1.54) is 26.4 Å². The van der Waals surface area contributed by atoms with Crippen molar-refractivity contribution in [3.63, 3.8) is 0 Å². The second kappa shape index (κ2) is 29.7. The first-order valence-corrected chi connectivity index (χ1v) is 25.1. The van der Waals surface area contributed by atoms with Crippen molar-refractivity contribution in [3.05, 3.63) is 90.0 Å². The Labute approximate surface area is 444 Å². The van der Waals surface area contributed by atoms with E-state index in [-0.39, 0.29) is 51.5 Å². The number of aromatic nitrogens is 2. The van der Waals surface area contributed by atoms with Crippen LogP contribution in [0.5, 0.6) is 0 Å². The topological polar surface area (TPSA) is 417 Å². The Bertz CT molecular complexity index is 2530. The summed E-state index contributed by atoms with van der Waals surface area (Å²) in [6, 6.07) is 4.41. The summed E-state index contributed by atoms with van der Waals surface area (Å²) in [4.78, 5) is 154. The molecule has 2 aromatic carbocycles. The number of primary amides is 1. The van der Waals surface area contributed by atoms with Crippen molar-refractivity contribution in [2.45, 2.75) is 146 Å². The predicted octanol–water partition coefficient (Wildman–Crippen LogP) is -2.58. The summed E-state index contributed by atoms with van der Waals surface area (Å²) in [5.74, 6) is -11.2. The molecule has 10 atom stereocenters. The normalized spacial score (nSPS) is 16.6. The molecule has 0 saturated carbocycles. The van der Waals surface area contributed by atoms with Gasteiger partial charge in [0.15, 0.2) is 0 Å². The van der Waals surface area contributed by atoms with Gasteiger partial charge in [-0.05, 0) is 56.6 Å². The summed E-state index contributed by atoms with van der Waals surface area (Å²) in [5.41, 5.74) is 12.5. The smallest absolute Gasteiger partial charge is 0.326 e. The van der Waals surface area contributed by atoms with Gasteiger partial charge in [-0.25, -0.2) is 9.78 Å². The van der Waals surface area contributed by atoms with Crippen molar-refractivity contribution in [2.75, 3.05) is 6.54 Å². The van der Waals surface area contributed by atoms with Crippen molar-refractivity contribution in [1.29, 1.82) is 0 Å². The SMILES string of the molecule is CC(C)[C@H](NC(=O)[C@@H]1CCCN1C(=O)[C@@H](NC(=O)[C@H](CCC(=O)O)NC(=O)[C@H](Cc1ccccc1)NC(=O)[C@H](C)N)[C@@H](C)O)C(=O)N[C@@H](Cc1cnc[nH]1)C(=O)N[C@@H](Cc1ccccc1)C(=O)N[C@@H](CCC(N)=O)C(=O)O. The van der Waals surface area contributed by atoms with Gasteiger partial charge in [0.2, 0.25) is 53.2 Å². The highest BCUT2D eigenvalue weighted by Crippen LogP contribution is 2.21. The van der Waals surface area contributed by atoms with Crippen LogP contribution in [-0.4, -0.2) is 162 Å². The number of carboxylic acid groups (broad SMARTS) is 2. The van der Waals surface area contributed by atoms with Crippen molar-refractivity contribution >= 4 is 65.1 Å². The fraction of sp³-hybridized carbons (Fsp3) is 0.490. The molecule has 3 aromatic rings. The molecule has 0 radical (unpaired) electrons. The number of aliphatic hydroxyl groups is 1. The molecule has 9 amide bonds. The van der Waals surface area contributed by atoms with Gasteiger partial charge in [0.25, 0.3) is 0 Å². The molecule has 26 heteroatoms. The zero-order valence-electron chi connectivity index (χ0n) is 43.2. The van der Waals surface area contributed by atoms with Gasteiger partial charge >= 0.3 is 11.9 Å². The van der Waals surface area contributed by atoms with Crippen LogP contribution in [0.15, 0.2) is 73.2 Å². The van der Waals surface area contributed by atoms with Crippen LogP contribution in [0.25, 0.3) is 0 Å². The van der Waals surface area contributed by atoms with Gasteiger partial charge in [-0.3, -0.25) is 47.9 Å². The van der Waals surface area contributed by atoms with Gasteiger partial charge in [0.1, 0.15) is 48.3 Å². The number of carbonyl (C=O) groups is 11. The standard InChI is InChI=1S/C51H70N12O14/c1-27(2)41(49(74)60-37(24-32-25-54-26-55-32)47(72)59-36(23-31-14-9-6-10-15-31)46(71)57-34(51(76)77)17-19-39(53)65)61-48(73)38-16-11-21-63(38)50(75)42(29(4)64)62-44(69)33(18-20-40(66)67)56-45(70)35(58-43(68)28(3)52)22-30-12-7-5-8-13-30/h5-10,12-15,25-29,33-38,41-42,64H,11,16-24,52H2,1-4H3,(H2,53,65)(H,54,55)(H,56,70)(H,57,71)(H,58,68)(H,59,72)(H,60,74)(H,61,73)(H,62,69)(H,66,67)(H,76,77)/t28-,29+,33-,34-,35-,36-,37-,38-,41-,42-/m0/s1. The van der Waals surface area contributed by atoms with E-state index in [9.17, 15) is 68.1 Å². The highest BCUT2D eigenvalue weighted by Gasteiger charge is 2.42. The monoisotopic (exact) mass is 1070 g/mol. The largest absolute Gasteiger partial charge is 0.481 e. The number of aliphatic hydroxyl groups excluding tert-OH is 1. The molecule has 1 aliphatic heterocycles. The number of amides is 9. The average molecular weight is 1080 g/mol. The molecule has 4 rings (SSSR count). The number of benzene rings is 2. The Morgan fingerprint density at radius 2 is 1.13 bits per heavy atom.